The number of para-hydroxylation sites is 1. The molecule has 1 aliphatic rings. The van der Waals surface area contributed by atoms with Crippen LogP contribution in [0, 0.1) is 0 Å². The highest BCUT2D eigenvalue weighted by molar-refractivity contribution is 6.40. The van der Waals surface area contributed by atoms with Crippen LogP contribution in [0.3, 0.4) is 0 Å². The third-order valence-corrected chi connectivity index (χ3v) is 4.09. The first-order chi connectivity index (χ1) is 13.1. The second-order valence-corrected chi connectivity index (χ2v) is 5.93. The molecular formula is C19H21N5O3. The summed E-state index contributed by atoms with van der Waals surface area (Å²) in [5.41, 5.74) is 7.22. The first-order valence-corrected chi connectivity index (χ1v) is 8.66. The van der Waals surface area contributed by atoms with Crippen molar-refractivity contribution < 1.29 is 14.3 Å². The molecule has 2 amide bonds. The molecule has 1 aromatic heterocycles. The van der Waals surface area contributed by atoms with E-state index in [1.54, 1.807) is 12.3 Å². The van der Waals surface area contributed by atoms with Crippen molar-refractivity contribution in [2.24, 2.45) is 10.8 Å². The Balaban J connectivity index is 1.72. The number of hydrogen-bond acceptors (Lipinski definition) is 6. The molecule has 8 heteroatoms. The molecule has 0 unspecified atom stereocenters. The summed E-state index contributed by atoms with van der Waals surface area (Å²) in [4.78, 5) is 28.5. The molecule has 0 spiro atoms. The lowest BCUT2D eigenvalue weighted by Gasteiger charge is -2.20. The van der Waals surface area contributed by atoms with Gasteiger partial charge in [-0.2, -0.15) is 5.10 Å². The zero-order valence-electron chi connectivity index (χ0n) is 15.0. The van der Waals surface area contributed by atoms with E-state index in [1.807, 2.05) is 43.3 Å². The van der Waals surface area contributed by atoms with Gasteiger partial charge in [0.1, 0.15) is 11.8 Å². The van der Waals surface area contributed by atoms with Crippen LogP contribution in [0.1, 0.15) is 18.9 Å². The Labute approximate surface area is 157 Å². The van der Waals surface area contributed by atoms with E-state index < -0.39 is 11.9 Å². The lowest BCUT2D eigenvalue weighted by Crippen LogP contribution is -2.39. The normalized spacial score (nSPS) is 16.0. The van der Waals surface area contributed by atoms with Crippen LogP contribution in [-0.4, -0.2) is 35.2 Å². The zero-order chi connectivity index (χ0) is 19.2. The van der Waals surface area contributed by atoms with E-state index in [0.717, 1.165) is 5.56 Å². The van der Waals surface area contributed by atoms with E-state index >= 15 is 0 Å². The fourth-order valence-electron chi connectivity index (χ4n) is 2.79. The highest BCUT2D eigenvalue weighted by Crippen LogP contribution is 2.24. The zero-order valence-corrected chi connectivity index (χ0v) is 15.0. The number of hydrogen-bond donors (Lipinski definition) is 2. The number of anilines is 1. The molecule has 1 aromatic carbocycles. The molecule has 1 atom stereocenters. The Bertz CT molecular complexity index is 853. The van der Waals surface area contributed by atoms with Crippen LogP contribution in [0.2, 0.25) is 0 Å². The molecule has 0 saturated carbocycles. The smallest absolute Gasteiger partial charge is 0.267 e. The second-order valence-electron chi connectivity index (χ2n) is 5.93. The number of carbonyl (C=O) groups excluding carboxylic acids is 2. The number of aromatic nitrogens is 1. The first kappa shape index (κ1) is 18.4. The van der Waals surface area contributed by atoms with Gasteiger partial charge >= 0.3 is 0 Å². The van der Waals surface area contributed by atoms with Gasteiger partial charge in [-0.15, -0.1) is 0 Å². The van der Waals surface area contributed by atoms with E-state index in [4.69, 9.17) is 10.5 Å². The standard InChI is InChI=1S/C19H21N5O3/c1-2-27-19-13(7-6-10-21-19)12-22-18(26)15-11-16(17(20)25)24(23-15)14-8-4-3-5-9-14/h3-10,16H,2,11-12H2,1H3,(H2,20,25)(H,22,26)/t16-/m0/s1. The van der Waals surface area contributed by atoms with Gasteiger partial charge in [-0.1, -0.05) is 24.3 Å². The Morgan fingerprint density at radius 2 is 2.04 bits per heavy atom. The molecule has 0 saturated heterocycles. The Hall–Kier alpha value is -3.42. The maximum Gasteiger partial charge on any atom is 0.267 e. The highest BCUT2D eigenvalue weighted by Gasteiger charge is 2.34. The molecule has 140 valence electrons. The van der Waals surface area contributed by atoms with Crippen LogP contribution < -0.4 is 20.8 Å². The quantitative estimate of drug-likeness (QED) is 0.764. The average molecular weight is 367 g/mol. The first-order valence-electron chi connectivity index (χ1n) is 8.66. The number of nitrogens with zero attached hydrogens (tertiary/aromatic N) is 3. The Morgan fingerprint density at radius 1 is 1.26 bits per heavy atom. The summed E-state index contributed by atoms with van der Waals surface area (Å²) in [5, 5.41) is 8.62. The summed E-state index contributed by atoms with van der Waals surface area (Å²) < 4.78 is 5.46. The minimum atomic E-state index is -0.689. The maximum absolute atomic E-state index is 12.6. The number of hydrazone groups is 1. The minimum absolute atomic E-state index is 0.154. The average Bonchev–Trinajstić information content (AvgIpc) is 3.14. The number of pyridine rings is 1. The predicted octanol–water partition coefficient (Wildman–Crippen LogP) is 1.22. The lowest BCUT2D eigenvalue weighted by atomic mass is 10.1. The molecule has 3 rings (SSSR count). The molecular weight excluding hydrogens is 346 g/mol. The Morgan fingerprint density at radius 3 is 2.74 bits per heavy atom. The van der Waals surface area contributed by atoms with Gasteiger partial charge in [0.15, 0.2) is 0 Å². The lowest BCUT2D eigenvalue weighted by molar-refractivity contribution is -0.119. The van der Waals surface area contributed by atoms with Gasteiger partial charge in [0, 0.05) is 24.7 Å². The number of nitrogens with one attached hydrogen (secondary N) is 1. The van der Waals surface area contributed by atoms with Crippen molar-refractivity contribution >= 4 is 23.2 Å². The molecule has 0 aliphatic carbocycles. The van der Waals surface area contributed by atoms with Crippen molar-refractivity contribution in [3.05, 3.63) is 54.2 Å². The largest absolute Gasteiger partial charge is 0.478 e. The highest BCUT2D eigenvalue weighted by atomic mass is 16.5. The van der Waals surface area contributed by atoms with Crippen LogP contribution in [-0.2, 0) is 16.1 Å². The van der Waals surface area contributed by atoms with Crippen LogP contribution in [0.4, 0.5) is 5.69 Å². The number of amides is 2. The molecule has 0 radical (unpaired) electrons. The van der Waals surface area contributed by atoms with Gasteiger partial charge in [-0.25, -0.2) is 4.98 Å². The summed E-state index contributed by atoms with van der Waals surface area (Å²) in [6.45, 7) is 2.59. The van der Waals surface area contributed by atoms with Crippen molar-refractivity contribution in [2.45, 2.75) is 25.9 Å². The molecule has 0 bridgehead atoms. The number of carbonyl (C=O) groups is 2. The second kappa shape index (κ2) is 8.31. The van der Waals surface area contributed by atoms with Crippen LogP contribution in [0.15, 0.2) is 53.8 Å². The van der Waals surface area contributed by atoms with Gasteiger partial charge in [0.05, 0.1) is 12.3 Å². The van der Waals surface area contributed by atoms with Crippen molar-refractivity contribution in [3.63, 3.8) is 0 Å². The SMILES string of the molecule is CCOc1ncccc1CNC(=O)C1=NN(c2ccccc2)[C@H](C(N)=O)C1. The van der Waals surface area contributed by atoms with E-state index in [2.05, 4.69) is 15.4 Å². The number of primary amides is 1. The molecule has 2 aromatic rings. The third kappa shape index (κ3) is 4.22. The fourth-order valence-corrected chi connectivity index (χ4v) is 2.79. The molecule has 27 heavy (non-hydrogen) atoms. The minimum Gasteiger partial charge on any atom is -0.478 e. The summed E-state index contributed by atoms with van der Waals surface area (Å²) in [5.74, 6) is -0.406. The number of nitrogens with two attached hydrogens (primary N) is 1. The topological polar surface area (TPSA) is 110 Å². The maximum atomic E-state index is 12.6. The van der Waals surface area contributed by atoms with Gasteiger partial charge in [0.25, 0.3) is 5.91 Å². The molecule has 3 N–H and O–H groups in total. The fraction of sp³-hybridized carbons (Fsp3) is 0.263. The van der Waals surface area contributed by atoms with Crippen LogP contribution in [0.5, 0.6) is 5.88 Å². The molecule has 8 nitrogen and oxygen atoms in total. The molecule has 1 aliphatic heterocycles. The molecule has 0 fully saturated rings. The van der Waals surface area contributed by atoms with Crippen LogP contribution >= 0.6 is 0 Å². The number of ether oxygens (including phenoxy) is 1. The van der Waals surface area contributed by atoms with Gasteiger partial charge < -0.3 is 15.8 Å². The summed E-state index contributed by atoms with van der Waals surface area (Å²) in [7, 11) is 0. The van der Waals surface area contributed by atoms with Gasteiger partial charge in [-0.05, 0) is 25.1 Å². The summed E-state index contributed by atoms with van der Waals surface area (Å²) >= 11 is 0. The van der Waals surface area contributed by atoms with E-state index in [1.165, 1.54) is 5.01 Å². The Kier molecular flexibility index (Phi) is 5.65. The summed E-state index contributed by atoms with van der Waals surface area (Å²) in [6, 6.07) is 12.1. The van der Waals surface area contributed by atoms with Crippen molar-refractivity contribution in [3.8, 4) is 5.88 Å². The third-order valence-electron chi connectivity index (χ3n) is 4.09. The van der Waals surface area contributed by atoms with Crippen molar-refractivity contribution in [2.75, 3.05) is 11.6 Å². The number of rotatable bonds is 7. The number of benzene rings is 1. The summed E-state index contributed by atoms with van der Waals surface area (Å²) in [6.07, 6.45) is 1.79. The van der Waals surface area contributed by atoms with Crippen LogP contribution in [0.25, 0.3) is 0 Å². The van der Waals surface area contributed by atoms with Crippen molar-refractivity contribution in [1.29, 1.82) is 0 Å². The molecule has 2 heterocycles. The van der Waals surface area contributed by atoms with E-state index in [-0.39, 0.29) is 24.6 Å². The van der Waals surface area contributed by atoms with Crippen molar-refractivity contribution in [1.82, 2.24) is 10.3 Å². The van der Waals surface area contributed by atoms with E-state index in [0.29, 0.717) is 18.2 Å². The predicted molar refractivity (Wildman–Crippen MR) is 101 cm³/mol. The van der Waals surface area contributed by atoms with Gasteiger partial charge in [-0.3, -0.25) is 14.6 Å². The van der Waals surface area contributed by atoms with E-state index in [9.17, 15) is 9.59 Å². The monoisotopic (exact) mass is 367 g/mol. The van der Waals surface area contributed by atoms with Gasteiger partial charge in [0.2, 0.25) is 11.8 Å².